The molecule has 0 aliphatic heterocycles. The first kappa shape index (κ1) is 32.3. The van der Waals surface area contributed by atoms with Crippen molar-refractivity contribution in [3.05, 3.63) is 33.9 Å². The van der Waals surface area contributed by atoms with Crippen LogP contribution in [-0.4, -0.2) is 91.2 Å². The maximum Gasteiger partial charge on any atom is 2.00 e. The molecule has 0 spiro atoms. The number of nitro groups is 1. The molecular weight excluding hydrogens is 394 g/mol. The fraction of sp³-hybridized carbons (Fsp3) is 0. The van der Waals surface area contributed by atoms with E-state index in [9.17, 15) is 33.0 Å². The van der Waals surface area contributed by atoms with Crippen LogP contribution in [0.1, 0.15) is 10.4 Å². The molecule has 1 rings (SSSR count). The molecular formula is C7H11NO11SSr. The van der Waals surface area contributed by atoms with E-state index < -0.39 is 37.2 Å². The van der Waals surface area contributed by atoms with Crippen LogP contribution >= 0.6 is 0 Å². The first-order valence-corrected chi connectivity index (χ1v) is 5.09. The summed E-state index contributed by atoms with van der Waals surface area (Å²) in [4.78, 5) is 18.8. The van der Waals surface area contributed by atoms with Crippen molar-refractivity contribution in [3.63, 3.8) is 0 Å². The van der Waals surface area contributed by atoms with E-state index >= 15 is 0 Å². The van der Waals surface area contributed by atoms with Gasteiger partial charge in [-0.25, -0.2) is 8.42 Å². The molecule has 0 heterocycles. The third kappa shape index (κ3) is 9.04. The number of carbonyl (C=O) groups is 1. The van der Waals surface area contributed by atoms with Gasteiger partial charge in [0.05, 0.1) is 15.8 Å². The summed E-state index contributed by atoms with van der Waals surface area (Å²) in [6, 6.07) is 1.59. The maximum atomic E-state index is 10.6. The van der Waals surface area contributed by atoms with E-state index in [1.165, 1.54) is 0 Å². The number of carboxylic acid groups (broad SMARTS) is 1. The number of aromatic carboxylic acids is 1. The van der Waals surface area contributed by atoms with Crippen molar-refractivity contribution in [1.82, 2.24) is 0 Å². The summed E-state index contributed by atoms with van der Waals surface area (Å²) in [5.74, 6) is -1.81. The Kier molecular flexibility index (Phi) is 18.3. The van der Waals surface area contributed by atoms with E-state index in [2.05, 4.69) is 0 Å². The van der Waals surface area contributed by atoms with Gasteiger partial charge in [-0.15, -0.1) is 0 Å². The monoisotopic (exact) mass is 405 g/mol. The number of carboxylic acids is 1. The molecule has 118 valence electrons. The van der Waals surface area contributed by atoms with E-state index in [1.54, 1.807) is 0 Å². The molecule has 0 aliphatic carbocycles. The Morgan fingerprint density at radius 3 is 1.76 bits per heavy atom. The topological polar surface area (TPSA) is 266 Å². The summed E-state index contributed by atoms with van der Waals surface area (Å²) in [5.41, 5.74) is -1.56. The molecule has 12 nitrogen and oxygen atoms in total. The molecule has 0 bridgehead atoms. The predicted octanol–water partition coefficient (Wildman–Crippen LogP) is -4.82. The van der Waals surface area contributed by atoms with Gasteiger partial charge in [0, 0.05) is 17.7 Å². The average molecular weight is 405 g/mol. The quantitative estimate of drug-likeness (QED) is 0.205. The Morgan fingerprint density at radius 1 is 1.05 bits per heavy atom. The van der Waals surface area contributed by atoms with Crippen LogP contribution in [0.15, 0.2) is 23.1 Å². The third-order valence-electron chi connectivity index (χ3n) is 1.63. The average Bonchev–Trinajstić information content (AvgIpc) is 2.15. The Hall–Kier alpha value is -0.679. The van der Waals surface area contributed by atoms with Crippen LogP contribution in [0.5, 0.6) is 0 Å². The zero-order valence-electron chi connectivity index (χ0n) is 10.2. The summed E-state index contributed by atoms with van der Waals surface area (Å²) in [6.45, 7) is 0. The zero-order valence-corrected chi connectivity index (χ0v) is 14.4. The van der Waals surface area contributed by atoms with Crippen LogP contribution in [-0.2, 0) is 10.1 Å². The Balaban J connectivity index is -0.000000171. The van der Waals surface area contributed by atoms with Crippen molar-refractivity contribution >= 4 is 67.3 Å². The van der Waals surface area contributed by atoms with Crippen molar-refractivity contribution in [1.29, 1.82) is 0 Å². The van der Waals surface area contributed by atoms with Gasteiger partial charge in [0.1, 0.15) is 10.1 Å². The summed E-state index contributed by atoms with van der Waals surface area (Å²) < 4.78 is 31.8. The molecule has 1 aromatic rings. The molecule has 0 fully saturated rings. The van der Waals surface area contributed by atoms with Crippen molar-refractivity contribution in [3.8, 4) is 0 Å². The van der Waals surface area contributed by atoms with Crippen molar-refractivity contribution in [2.45, 2.75) is 4.90 Å². The summed E-state index contributed by atoms with van der Waals surface area (Å²) in [6.07, 6.45) is 0. The van der Waals surface area contributed by atoms with Gasteiger partial charge in [-0.2, -0.15) is 0 Å². The molecule has 0 atom stereocenters. The van der Waals surface area contributed by atoms with Gasteiger partial charge in [-0.1, -0.05) is 0 Å². The van der Waals surface area contributed by atoms with Gasteiger partial charge in [-0.05, 0) is 6.07 Å². The molecule has 21 heavy (non-hydrogen) atoms. The third-order valence-corrected chi connectivity index (χ3v) is 2.44. The van der Waals surface area contributed by atoms with Crippen LogP contribution in [0.25, 0.3) is 0 Å². The van der Waals surface area contributed by atoms with Gasteiger partial charge in [-0.3, -0.25) is 10.1 Å². The molecule has 1 aromatic carbocycles. The van der Waals surface area contributed by atoms with Crippen molar-refractivity contribution in [2.75, 3.05) is 0 Å². The fourth-order valence-electron chi connectivity index (χ4n) is 0.951. The maximum absolute atomic E-state index is 10.6. The number of benzene rings is 1. The molecule has 14 heteroatoms. The largest absolute Gasteiger partial charge is 2.00 e. The van der Waals surface area contributed by atoms with Crippen molar-refractivity contribution in [2.24, 2.45) is 0 Å². The van der Waals surface area contributed by atoms with Crippen LogP contribution in [0.3, 0.4) is 0 Å². The summed E-state index contributed by atoms with van der Waals surface area (Å²) >= 11 is 0. The number of carbonyl (C=O) groups excluding carboxylic acids is 1. The first-order valence-electron chi connectivity index (χ1n) is 3.68. The minimum Gasteiger partial charge on any atom is -0.744 e. The van der Waals surface area contributed by atoms with Crippen LogP contribution in [0.2, 0.25) is 0 Å². The second-order valence-electron chi connectivity index (χ2n) is 2.71. The van der Waals surface area contributed by atoms with Gasteiger partial charge in [0.15, 0.2) is 0 Å². The number of nitro benzene ring substituents is 1. The van der Waals surface area contributed by atoms with Crippen molar-refractivity contribution < 1.29 is 49.7 Å². The number of non-ortho nitro benzene ring substituents is 1. The van der Waals surface area contributed by atoms with Crippen LogP contribution < -0.4 is 5.11 Å². The van der Waals surface area contributed by atoms with Gasteiger partial charge < -0.3 is 36.4 Å². The Labute approximate surface area is 154 Å². The second-order valence-corrected chi connectivity index (χ2v) is 4.09. The summed E-state index contributed by atoms with van der Waals surface area (Å²) in [7, 11) is -4.96. The second kappa shape index (κ2) is 11.9. The number of rotatable bonds is 3. The van der Waals surface area contributed by atoms with Gasteiger partial charge in [0.2, 0.25) is 0 Å². The molecule has 0 aliphatic rings. The molecule has 0 aromatic heterocycles. The zero-order chi connectivity index (χ0) is 12.5. The number of hydrogen-bond acceptors (Lipinski definition) is 7. The molecule has 0 amide bonds. The molecule has 8 N–H and O–H groups in total. The normalized spacial score (nSPS) is 8.43. The minimum absolute atomic E-state index is 0. The van der Waals surface area contributed by atoms with E-state index in [0.717, 1.165) is 0 Å². The summed E-state index contributed by atoms with van der Waals surface area (Å²) in [5, 5.41) is 20.8. The van der Waals surface area contributed by atoms with E-state index in [1.807, 2.05) is 0 Å². The fourth-order valence-corrected chi connectivity index (χ4v) is 1.49. The number of nitrogens with zero attached hydrogens (tertiary/aromatic N) is 1. The molecule has 0 radical (unpaired) electrons. The Bertz CT molecular complexity index is 540. The molecule has 0 saturated carbocycles. The smallest absolute Gasteiger partial charge is 0.744 e. The van der Waals surface area contributed by atoms with Crippen LogP contribution in [0, 0.1) is 10.1 Å². The number of hydrogen-bond donors (Lipinski definition) is 0. The van der Waals surface area contributed by atoms with Gasteiger partial charge >= 0.3 is 45.5 Å². The van der Waals surface area contributed by atoms with E-state index in [4.69, 9.17) is 0 Å². The Morgan fingerprint density at radius 2 is 1.48 bits per heavy atom. The standard InChI is InChI=1S/C7H5NO7S.4H2O.Sr/c9-7(10)4-1-5(8(11)12)3-6(2-4)16(13,14)15;;;;;/h1-3H,(H,9,10)(H,13,14,15);4*1H2;/q;;;;;+2/p-2. The molecule has 0 saturated heterocycles. The van der Waals surface area contributed by atoms with Gasteiger partial charge in [0.25, 0.3) is 5.69 Å². The first-order chi connectivity index (χ1) is 7.21. The van der Waals surface area contributed by atoms with E-state index in [-0.39, 0.29) is 67.4 Å². The minimum atomic E-state index is -4.96. The predicted molar refractivity (Wildman–Crippen MR) is 65.6 cm³/mol. The van der Waals surface area contributed by atoms with Crippen LogP contribution in [0.4, 0.5) is 5.69 Å². The van der Waals surface area contributed by atoms with E-state index in [0.29, 0.717) is 18.2 Å². The molecule has 0 unspecified atom stereocenters. The SMILES string of the molecule is O.O.O.O.O=C([O-])c1cc([N+](=O)[O-])cc(S(=O)(=O)[O-])c1.[Sr+2].